The van der Waals surface area contributed by atoms with Gasteiger partial charge in [-0.3, -0.25) is 9.59 Å². The molecule has 0 aliphatic rings. The van der Waals surface area contributed by atoms with Crippen molar-refractivity contribution in [3.8, 4) is 11.8 Å². The van der Waals surface area contributed by atoms with E-state index in [9.17, 15) is 9.59 Å². The molecule has 0 fully saturated rings. The van der Waals surface area contributed by atoms with Gasteiger partial charge < -0.3 is 9.47 Å². The predicted molar refractivity (Wildman–Crippen MR) is 54.6 cm³/mol. The van der Waals surface area contributed by atoms with E-state index in [-0.39, 0.29) is 6.42 Å². The molecule has 0 aliphatic carbocycles. The largest absolute Gasteiger partial charge is 0.424 e. The third kappa shape index (κ3) is 8.82. The first-order valence-corrected chi connectivity index (χ1v) is 4.86. The SMILES string of the molecule is CCCC#CCC(OC(C)=O)OC(C)=O. The van der Waals surface area contributed by atoms with Crippen LogP contribution in [0.25, 0.3) is 0 Å². The molecule has 0 amide bonds. The van der Waals surface area contributed by atoms with E-state index < -0.39 is 18.2 Å². The fourth-order valence-electron chi connectivity index (χ4n) is 0.846. The minimum Gasteiger partial charge on any atom is -0.424 e. The van der Waals surface area contributed by atoms with Gasteiger partial charge in [-0.15, -0.1) is 5.92 Å². The first-order valence-electron chi connectivity index (χ1n) is 4.86. The molecule has 4 heteroatoms. The van der Waals surface area contributed by atoms with Crippen molar-refractivity contribution in [1.29, 1.82) is 0 Å². The third-order valence-electron chi connectivity index (χ3n) is 1.36. The van der Waals surface area contributed by atoms with Gasteiger partial charge in [-0.1, -0.05) is 12.8 Å². The van der Waals surface area contributed by atoms with Gasteiger partial charge in [0, 0.05) is 20.3 Å². The Hall–Kier alpha value is -1.50. The molecule has 0 atom stereocenters. The maximum Gasteiger partial charge on any atom is 0.305 e. The molecule has 0 aromatic carbocycles. The summed E-state index contributed by atoms with van der Waals surface area (Å²) in [5, 5.41) is 0. The summed E-state index contributed by atoms with van der Waals surface area (Å²) in [6.45, 7) is 4.54. The number of hydrogen-bond donors (Lipinski definition) is 0. The zero-order valence-corrected chi connectivity index (χ0v) is 9.33. The molecular weight excluding hydrogens is 196 g/mol. The standard InChI is InChI=1S/C11H16O4/c1-4-5-6-7-8-11(14-9(2)12)15-10(3)13/h11H,4-5,8H2,1-3H3. The van der Waals surface area contributed by atoms with Crippen LogP contribution in [0.4, 0.5) is 0 Å². The van der Waals surface area contributed by atoms with Crippen LogP contribution in [0.2, 0.25) is 0 Å². The molecule has 4 nitrogen and oxygen atoms in total. The molecule has 0 aromatic heterocycles. The first-order chi connectivity index (χ1) is 7.06. The maximum absolute atomic E-state index is 10.7. The van der Waals surface area contributed by atoms with Crippen molar-refractivity contribution in [3.63, 3.8) is 0 Å². The van der Waals surface area contributed by atoms with Gasteiger partial charge in [0.25, 0.3) is 6.29 Å². The van der Waals surface area contributed by atoms with Gasteiger partial charge >= 0.3 is 11.9 Å². The average molecular weight is 212 g/mol. The molecule has 15 heavy (non-hydrogen) atoms. The van der Waals surface area contributed by atoms with Crippen LogP contribution in [0, 0.1) is 11.8 Å². The Morgan fingerprint density at radius 3 is 2.07 bits per heavy atom. The summed E-state index contributed by atoms with van der Waals surface area (Å²) >= 11 is 0. The van der Waals surface area contributed by atoms with E-state index >= 15 is 0 Å². The lowest BCUT2D eigenvalue weighted by molar-refractivity contribution is -0.183. The minimum atomic E-state index is -0.885. The Morgan fingerprint density at radius 1 is 1.13 bits per heavy atom. The predicted octanol–water partition coefficient (Wildman–Crippen LogP) is 1.63. The smallest absolute Gasteiger partial charge is 0.305 e. The summed E-state index contributed by atoms with van der Waals surface area (Å²) in [4.78, 5) is 21.3. The summed E-state index contributed by atoms with van der Waals surface area (Å²) in [7, 11) is 0. The lowest BCUT2D eigenvalue weighted by atomic mass is 10.3. The number of ether oxygens (including phenoxy) is 2. The van der Waals surface area contributed by atoms with Crippen LogP contribution >= 0.6 is 0 Å². The van der Waals surface area contributed by atoms with Crippen molar-refractivity contribution in [3.05, 3.63) is 0 Å². The Labute approximate surface area is 89.9 Å². The van der Waals surface area contributed by atoms with Gasteiger partial charge in [-0.2, -0.15) is 0 Å². The summed E-state index contributed by atoms with van der Waals surface area (Å²) in [5.74, 6) is 4.70. The van der Waals surface area contributed by atoms with Gasteiger partial charge in [0.05, 0.1) is 6.42 Å². The van der Waals surface area contributed by atoms with E-state index in [1.807, 2.05) is 6.92 Å². The van der Waals surface area contributed by atoms with Gasteiger partial charge in [0.2, 0.25) is 0 Å². The molecule has 0 radical (unpaired) electrons. The summed E-state index contributed by atoms with van der Waals surface area (Å²) in [6.07, 6.45) is 1.09. The summed E-state index contributed by atoms with van der Waals surface area (Å²) in [6, 6.07) is 0. The van der Waals surface area contributed by atoms with Crippen LogP contribution in [-0.2, 0) is 19.1 Å². The summed E-state index contributed by atoms with van der Waals surface area (Å²) in [5.41, 5.74) is 0. The highest BCUT2D eigenvalue weighted by Crippen LogP contribution is 2.01. The first kappa shape index (κ1) is 13.5. The number of esters is 2. The monoisotopic (exact) mass is 212 g/mol. The number of carbonyl (C=O) groups excluding carboxylic acids is 2. The summed E-state index contributed by atoms with van der Waals surface area (Å²) < 4.78 is 9.51. The highest BCUT2D eigenvalue weighted by Gasteiger charge is 2.13. The van der Waals surface area contributed by atoms with E-state index in [1.165, 1.54) is 13.8 Å². The normalized spacial score (nSPS) is 9.07. The maximum atomic E-state index is 10.7. The van der Waals surface area contributed by atoms with Crippen LogP contribution in [0.15, 0.2) is 0 Å². The lowest BCUT2D eigenvalue weighted by Crippen LogP contribution is -2.21. The zero-order chi connectivity index (χ0) is 11.7. The Bertz CT molecular complexity index is 256. The number of rotatable bonds is 4. The molecular formula is C11H16O4. The van der Waals surface area contributed by atoms with E-state index in [1.54, 1.807) is 0 Å². The van der Waals surface area contributed by atoms with E-state index in [2.05, 4.69) is 11.8 Å². The van der Waals surface area contributed by atoms with Gasteiger partial charge in [-0.05, 0) is 6.42 Å². The number of unbranched alkanes of at least 4 members (excludes halogenated alkanes) is 1. The van der Waals surface area contributed by atoms with Crippen LogP contribution in [0.1, 0.15) is 40.0 Å². The molecule has 0 heterocycles. The van der Waals surface area contributed by atoms with Crippen molar-refractivity contribution >= 4 is 11.9 Å². The Morgan fingerprint density at radius 2 is 1.67 bits per heavy atom. The molecule has 0 rings (SSSR count). The van der Waals surface area contributed by atoms with Crippen molar-refractivity contribution in [2.45, 2.75) is 46.3 Å². The third-order valence-corrected chi connectivity index (χ3v) is 1.36. The highest BCUT2D eigenvalue weighted by molar-refractivity contribution is 5.68. The molecule has 0 aromatic rings. The Kier molecular flexibility index (Phi) is 7.08. The van der Waals surface area contributed by atoms with Crippen molar-refractivity contribution in [2.24, 2.45) is 0 Å². The molecule has 0 saturated carbocycles. The van der Waals surface area contributed by atoms with E-state index in [0.717, 1.165) is 12.8 Å². The molecule has 0 bridgehead atoms. The van der Waals surface area contributed by atoms with Crippen LogP contribution in [-0.4, -0.2) is 18.2 Å². The van der Waals surface area contributed by atoms with Crippen LogP contribution in [0.5, 0.6) is 0 Å². The quantitative estimate of drug-likeness (QED) is 0.404. The van der Waals surface area contributed by atoms with Crippen molar-refractivity contribution in [1.82, 2.24) is 0 Å². The van der Waals surface area contributed by atoms with Crippen LogP contribution in [0.3, 0.4) is 0 Å². The van der Waals surface area contributed by atoms with Gasteiger partial charge in [0.1, 0.15) is 0 Å². The zero-order valence-electron chi connectivity index (χ0n) is 9.33. The average Bonchev–Trinajstić information content (AvgIpc) is 2.10. The lowest BCUT2D eigenvalue weighted by Gasteiger charge is -2.13. The highest BCUT2D eigenvalue weighted by atomic mass is 16.7. The van der Waals surface area contributed by atoms with Crippen LogP contribution < -0.4 is 0 Å². The topological polar surface area (TPSA) is 52.6 Å². The second-order valence-electron chi connectivity index (χ2n) is 2.96. The molecule has 0 saturated heterocycles. The van der Waals surface area contributed by atoms with E-state index in [4.69, 9.17) is 9.47 Å². The fourth-order valence-corrected chi connectivity index (χ4v) is 0.846. The molecule has 0 unspecified atom stereocenters. The molecule has 0 N–H and O–H groups in total. The second kappa shape index (κ2) is 7.86. The second-order valence-corrected chi connectivity index (χ2v) is 2.96. The fraction of sp³-hybridized carbons (Fsp3) is 0.636. The Balaban J connectivity index is 4.07. The molecule has 0 spiro atoms. The molecule has 0 aliphatic heterocycles. The van der Waals surface area contributed by atoms with Gasteiger partial charge in [0.15, 0.2) is 0 Å². The molecule has 84 valence electrons. The van der Waals surface area contributed by atoms with Gasteiger partial charge in [-0.25, -0.2) is 0 Å². The van der Waals surface area contributed by atoms with Crippen molar-refractivity contribution in [2.75, 3.05) is 0 Å². The minimum absolute atomic E-state index is 0.221. The van der Waals surface area contributed by atoms with Crippen molar-refractivity contribution < 1.29 is 19.1 Å². The number of carbonyl (C=O) groups is 2. The van der Waals surface area contributed by atoms with E-state index in [0.29, 0.717) is 0 Å². The number of hydrogen-bond acceptors (Lipinski definition) is 4.